The van der Waals surface area contributed by atoms with Crippen molar-refractivity contribution in [3.8, 4) is 0 Å². The maximum absolute atomic E-state index is 4.16. The maximum Gasteiger partial charge on any atom is 0.148 e. The van der Waals surface area contributed by atoms with Crippen molar-refractivity contribution in [2.45, 2.75) is 25.9 Å². The number of hydrogen-bond donors (Lipinski definition) is 1. The van der Waals surface area contributed by atoms with E-state index in [1.54, 1.807) is 15.7 Å². The normalized spacial score (nSPS) is 15.2. The highest BCUT2D eigenvalue weighted by atomic mass is 15.4. The molecule has 1 fully saturated rings. The topological polar surface area (TPSA) is 73.5 Å². The molecule has 1 aliphatic rings. The Bertz CT molecular complexity index is 511. The highest BCUT2D eigenvalue weighted by Gasteiger charge is 2.20. The third-order valence-electron chi connectivity index (χ3n) is 3.13. The van der Waals surface area contributed by atoms with E-state index in [1.165, 1.54) is 12.8 Å². The van der Waals surface area contributed by atoms with Crippen LogP contribution < -0.4 is 5.32 Å². The van der Waals surface area contributed by atoms with Crippen LogP contribution >= 0.6 is 0 Å². The summed E-state index contributed by atoms with van der Waals surface area (Å²) in [5.41, 5.74) is 0.970. The summed E-state index contributed by atoms with van der Waals surface area (Å²) < 4.78 is 3.53. The van der Waals surface area contributed by atoms with E-state index in [2.05, 4.69) is 25.7 Å². The van der Waals surface area contributed by atoms with Gasteiger partial charge in [0.25, 0.3) is 0 Å². The molecule has 0 bridgehead atoms. The number of nitrogens with zero attached hydrogens (tertiary/aromatic N) is 6. The molecule has 2 heterocycles. The lowest BCUT2D eigenvalue weighted by atomic mass is 10.4. The Balaban J connectivity index is 1.53. The van der Waals surface area contributed by atoms with Gasteiger partial charge in [0.2, 0.25) is 0 Å². The zero-order valence-corrected chi connectivity index (χ0v) is 10.5. The van der Waals surface area contributed by atoms with Gasteiger partial charge in [-0.25, -0.2) is 9.67 Å². The molecule has 7 nitrogen and oxygen atoms in total. The predicted molar refractivity (Wildman–Crippen MR) is 64.6 cm³/mol. The Morgan fingerprint density at radius 1 is 1.44 bits per heavy atom. The molecule has 0 aromatic carbocycles. The van der Waals surface area contributed by atoms with Crippen molar-refractivity contribution in [3.05, 3.63) is 24.0 Å². The summed E-state index contributed by atoms with van der Waals surface area (Å²) in [6.45, 7) is 2.48. The fourth-order valence-electron chi connectivity index (χ4n) is 1.83. The van der Waals surface area contributed by atoms with Crippen LogP contribution in [0.25, 0.3) is 0 Å². The van der Waals surface area contributed by atoms with Crippen LogP contribution in [-0.4, -0.2) is 36.3 Å². The first-order valence-electron chi connectivity index (χ1n) is 6.24. The van der Waals surface area contributed by atoms with Crippen LogP contribution in [0.2, 0.25) is 0 Å². The first kappa shape index (κ1) is 11.3. The van der Waals surface area contributed by atoms with Gasteiger partial charge in [-0.05, 0) is 25.3 Å². The Hall–Kier alpha value is -1.76. The van der Waals surface area contributed by atoms with Gasteiger partial charge in [-0.2, -0.15) is 5.10 Å². The summed E-state index contributed by atoms with van der Waals surface area (Å²) in [6, 6.07) is 0. The largest absolute Gasteiger partial charge is 0.311 e. The minimum atomic E-state index is 0.603. The SMILES string of the molecule is Cn1ncnc1Cn1cc(CNCC2CC2)nn1. The van der Waals surface area contributed by atoms with Gasteiger partial charge in [0.1, 0.15) is 18.7 Å². The molecule has 3 rings (SSSR count). The minimum absolute atomic E-state index is 0.603. The lowest BCUT2D eigenvalue weighted by Gasteiger charge is -1.99. The second kappa shape index (κ2) is 4.85. The van der Waals surface area contributed by atoms with Crippen LogP contribution in [-0.2, 0) is 20.1 Å². The lowest BCUT2D eigenvalue weighted by molar-refractivity contribution is 0.589. The zero-order chi connectivity index (χ0) is 12.4. The number of aryl methyl sites for hydroxylation is 1. The van der Waals surface area contributed by atoms with Crippen LogP contribution in [0.5, 0.6) is 0 Å². The van der Waals surface area contributed by atoms with E-state index in [0.717, 1.165) is 30.5 Å². The number of rotatable bonds is 6. The van der Waals surface area contributed by atoms with Crippen molar-refractivity contribution in [2.24, 2.45) is 13.0 Å². The molecule has 2 aromatic heterocycles. The van der Waals surface area contributed by atoms with Crippen LogP contribution in [0, 0.1) is 5.92 Å². The molecule has 0 atom stereocenters. The standard InChI is InChI=1S/C11H17N7/c1-17-11(13-8-14-17)7-18-6-10(15-16-18)5-12-4-9-2-3-9/h6,8-9,12H,2-5,7H2,1H3. The van der Waals surface area contributed by atoms with Gasteiger partial charge >= 0.3 is 0 Å². The molecule has 0 saturated heterocycles. The average Bonchev–Trinajstić information content (AvgIpc) is 2.93. The van der Waals surface area contributed by atoms with Gasteiger partial charge in [-0.3, -0.25) is 4.68 Å². The molecular weight excluding hydrogens is 230 g/mol. The molecule has 1 saturated carbocycles. The Labute approximate surface area is 105 Å². The molecule has 2 aromatic rings. The molecular formula is C11H17N7. The van der Waals surface area contributed by atoms with Crippen LogP contribution in [0.1, 0.15) is 24.4 Å². The van der Waals surface area contributed by atoms with Crippen LogP contribution in [0.4, 0.5) is 0 Å². The minimum Gasteiger partial charge on any atom is -0.311 e. The van der Waals surface area contributed by atoms with Gasteiger partial charge in [0, 0.05) is 13.6 Å². The van der Waals surface area contributed by atoms with Crippen molar-refractivity contribution < 1.29 is 0 Å². The van der Waals surface area contributed by atoms with Crippen molar-refractivity contribution in [1.82, 2.24) is 35.1 Å². The quantitative estimate of drug-likeness (QED) is 0.775. The molecule has 1 aliphatic carbocycles. The monoisotopic (exact) mass is 247 g/mol. The fourth-order valence-corrected chi connectivity index (χ4v) is 1.83. The third kappa shape index (κ3) is 2.73. The van der Waals surface area contributed by atoms with Crippen molar-refractivity contribution in [3.63, 3.8) is 0 Å². The van der Waals surface area contributed by atoms with Gasteiger partial charge in [0.05, 0.1) is 11.9 Å². The van der Waals surface area contributed by atoms with E-state index in [1.807, 2.05) is 13.2 Å². The first-order chi connectivity index (χ1) is 8.81. The number of nitrogens with one attached hydrogen (secondary N) is 1. The average molecular weight is 247 g/mol. The summed E-state index contributed by atoms with van der Waals surface area (Å²) >= 11 is 0. The van der Waals surface area contributed by atoms with Crippen molar-refractivity contribution >= 4 is 0 Å². The molecule has 7 heteroatoms. The molecule has 0 unspecified atom stereocenters. The third-order valence-corrected chi connectivity index (χ3v) is 3.13. The Morgan fingerprint density at radius 3 is 3.06 bits per heavy atom. The van der Waals surface area contributed by atoms with E-state index < -0.39 is 0 Å². The van der Waals surface area contributed by atoms with E-state index in [4.69, 9.17) is 0 Å². The van der Waals surface area contributed by atoms with Crippen molar-refractivity contribution in [2.75, 3.05) is 6.54 Å². The summed E-state index contributed by atoms with van der Waals surface area (Å²) in [6.07, 6.45) is 6.23. The highest BCUT2D eigenvalue weighted by Crippen LogP contribution is 2.27. The Morgan fingerprint density at radius 2 is 2.33 bits per heavy atom. The summed E-state index contributed by atoms with van der Waals surface area (Å²) in [5, 5.41) is 15.7. The van der Waals surface area contributed by atoms with E-state index >= 15 is 0 Å². The summed E-state index contributed by atoms with van der Waals surface area (Å²) in [7, 11) is 1.87. The Kier molecular flexibility index (Phi) is 3.06. The van der Waals surface area contributed by atoms with E-state index in [0.29, 0.717) is 6.54 Å². The number of aromatic nitrogens is 6. The molecule has 18 heavy (non-hydrogen) atoms. The van der Waals surface area contributed by atoms with Crippen LogP contribution in [0.15, 0.2) is 12.5 Å². The predicted octanol–water partition coefficient (Wildman–Crippen LogP) is -0.0455. The molecule has 1 N–H and O–H groups in total. The van der Waals surface area contributed by atoms with Gasteiger partial charge in [0.15, 0.2) is 0 Å². The molecule has 0 radical (unpaired) electrons. The van der Waals surface area contributed by atoms with Crippen LogP contribution in [0.3, 0.4) is 0 Å². The highest BCUT2D eigenvalue weighted by molar-refractivity contribution is 4.94. The second-order valence-corrected chi connectivity index (χ2v) is 4.78. The lowest BCUT2D eigenvalue weighted by Crippen LogP contribution is -2.16. The second-order valence-electron chi connectivity index (χ2n) is 4.78. The maximum atomic E-state index is 4.16. The van der Waals surface area contributed by atoms with Gasteiger partial charge < -0.3 is 5.32 Å². The molecule has 96 valence electrons. The van der Waals surface area contributed by atoms with Gasteiger partial charge in [-0.1, -0.05) is 5.21 Å². The molecule has 0 spiro atoms. The van der Waals surface area contributed by atoms with Gasteiger partial charge in [-0.15, -0.1) is 5.10 Å². The van der Waals surface area contributed by atoms with E-state index in [9.17, 15) is 0 Å². The van der Waals surface area contributed by atoms with Crippen molar-refractivity contribution in [1.29, 1.82) is 0 Å². The zero-order valence-electron chi connectivity index (χ0n) is 10.5. The molecule has 0 aliphatic heterocycles. The fraction of sp³-hybridized carbons (Fsp3) is 0.636. The molecule has 0 amide bonds. The first-order valence-corrected chi connectivity index (χ1v) is 6.24. The van der Waals surface area contributed by atoms with E-state index in [-0.39, 0.29) is 0 Å². The summed E-state index contributed by atoms with van der Waals surface area (Å²) in [5.74, 6) is 1.76. The number of hydrogen-bond acceptors (Lipinski definition) is 5. The summed E-state index contributed by atoms with van der Waals surface area (Å²) in [4.78, 5) is 4.16. The smallest absolute Gasteiger partial charge is 0.148 e.